The molecule has 0 spiro atoms. The van der Waals surface area contributed by atoms with Gasteiger partial charge in [-0.3, -0.25) is 9.59 Å². The van der Waals surface area contributed by atoms with Crippen LogP contribution in [0.3, 0.4) is 0 Å². The Balaban J connectivity index is 2.65. The second kappa shape index (κ2) is 9.74. The van der Waals surface area contributed by atoms with E-state index in [4.69, 9.17) is 5.11 Å². The topological polar surface area (TPSA) is 66.4 Å². The number of amides is 1. The standard InChI is InChI=1S/C17H24BrNO3/c1-3-12(2)16(17(22)19-8-9-20)11-15(21)10-13-4-6-14(18)7-5-13/h4-7,12,16,20H,3,8-11H2,1-2H3,(H,19,22)/t12-,16-/m0/s1. The van der Waals surface area contributed by atoms with Crippen LogP contribution in [-0.2, 0) is 16.0 Å². The predicted octanol–water partition coefficient (Wildman–Crippen LogP) is 2.72. The van der Waals surface area contributed by atoms with Crippen molar-refractivity contribution < 1.29 is 14.7 Å². The monoisotopic (exact) mass is 369 g/mol. The molecule has 4 nitrogen and oxygen atoms in total. The molecular weight excluding hydrogens is 346 g/mol. The summed E-state index contributed by atoms with van der Waals surface area (Å²) in [6.45, 7) is 4.13. The molecule has 0 unspecified atom stereocenters. The summed E-state index contributed by atoms with van der Waals surface area (Å²) in [5, 5.41) is 11.5. The highest BCUT2D eigenvalue weighted by molar-refractivity contribution is 9.10. The Hall–Kier alpha value is -1.20. The molecular formula is C17H24BrNO3. The molecule has 1 aromatic rings. The molecule has 1 aromatic carbocycles. The van der Waals surface area contributed by atoms with Crippen LogP contribution in [0.25, 0.3) is 0 Å². The van der Waals surface area contributed by atoms with Crippen LogP contribution in [0.2, 0.25) is 0 Å². The number of Topliss-reactive ketones (excluding diaryl/α,β-unsaturated/α-hetero) is 1. The Labute approximate surface area is 140 Å². The molecule has 0 fully saturated rings. The van der Waals surface area contributed by atoms with Crippen molar-refractivity contribution in [3.63, 3.8) is 0 Å². The van der Waals surface area contributed by atoms with Crippen molar-refractivity contribution in [3.8, 4) is 0 Å². The van der Waals surface area contributed by atoms with Crippen LogP contribution in [0.15, 0.2) is 28.7 Å². The third-order valence-corrected chi connectivity index (χ3v) is 4.37. The van der Waals surface area contributed by atoms with Crippen molar-refractivity contribution in [2.24, 2.45) is 11.8 Å². The number of hydrogen-bond acceptors (Lipinski definition) is 3. The fourth-order valence-electron chi connectivity index (χ4n) is 2.29. The Morgan fingerprint density at radius 3 is 2.45 bits per heavy atom. The van der Waals surface area contributed by atoms with Crippen LogP contribution in [0.5, 0.6) is 0 Å². The number of aliphatic hydroxyl groups excluding tert-OH is 1. The van der Waals surface area contributed by atoms with Gasteiger partial charge in [-0.1, -0.05) is 48.3 Å². The first-order chi connectivity index (χ1) is 10.5. The van der Waals surface area contributed by atoms with Gasteiger partial charge in [0.05, 0.1) is 6.61 Å². The molecule has 1 rings (SSSR count). The molecule has 0 radical (unpaired) electrons. The molecule has 0 aliphatic rings. The summed E-state index contributed by atoms with van der Waals surface area (Å²) in [6, 6.07) is 7.63. The van der Waals surface area contributed by atoms with Crippen molar-refractivity contribution in [1.29, 1.82) is 0 Å². The van der Waals surface area contributed by atoms with Gasteiger partial charge in [-0.15, -0.1) is 0 Å². The van der Waals surface area contributed by atoms with E-state index in [1.54, 1.807) is 0 Å². The predicted molar refractivity (Wildman–Crippen MR) is 90.5 cm³/mol. The van der Waals surface area contributed by atoms with Gasteiger partial charge in [-0.2, -0.15) is 0 Å². The molecule has 0 heterocycles. The molecule has 1 amide bonds. The fourth-order valence-corrected chi connectivity index (χ4v) is 2.56. The van der Waals surface area contributed by atoms with Crippen LogP contribution in [-0.4, -0.2) is 29.9 Å². The van der Waals surface area contributed by atoms with Gasteiger partial charge in [0, 0.05) is 29.8 Å². The average molecular weight is 370 g/mol. The largest absolute Gasteiger partial charge is 0.395 e. The first-order valence-electron chi connectivity index (χ1n) is 7.62. The molecule has 0 saturated carbocycles. The minimum atomic E-state index is -0.334. The lowest BCUT2D eigenvalue weighted by Gasteiger charge is -2.21. The Morgan fingerprint density at radius 1 is 1.27 bits per heavy atom. The normalized spacial score (nSPS) is 13.5. The second-order valence-corrected chi connectivity index (χ2v) is 6.47. The highest BCUT2D eigenvalue weighted by atomic mass is 79.9. The summed E-state index contributed by atoms with van der Waals surface area (Å²) in [4.78, 5) is 24.4. The summed E-state index contributed by atoms with van der Waals surface area (Å²) < 4.78 is 0.976. The minimum absolute atomic E-state index is 0.0618. The zero-order chi connectivity index (χ0) is 16.5. The molecule has 0 aliphatic heterocycles. The molecule has 22 heavy (non-hydrogen) atoms. The van der Waals surface area contributed by atoms with Crippen LogP contribution in [0, 0.1) is 11.8 Å². The summed E-state index contributed by atoms with van der Waals surface area (Å²) >= 11 is 3.37. The quantitative estimate of drug-likeness (QED) is 0.703. The van der Waals surface area contributed by atoms with Crippen molar-refractivity contribution in [1.82, 2.24) is 5.32 Å². The van der Waals surface area contributed by atoms with Crippen LogP contribution < -0.4 is 5.32 Å². The minimum Gasteiger partial charge on any atom is -0.395 e. The van der Waals surface area contributed by atoms with Crippen LogP contribution in [0.1, 0.15) is 32.3 Å². The van der Waals surface area contributed by atoms with E-state index in [0.29, 0.717) is 6.42 Å². The van der Waals surface area contributed by atoms with Gasteiger partial charge in [0.1, 0.15) is 5.78 Å². The van der Waals surface area contributed by atoms with E-state index >= 15 is 0 Å². The van der Waals surface area contributed by atoms with Gasteiger partial charge in [0.25, 0.3) is 0 Å². The zero-order valence-electron chi connectivity index (χ0n) is 13.1. The van der Waals surface area contributed by atoms with Gasteiger partial charge in [-0.05, 0) is 23.6 Å². The molecule has 2 atom stereocenters. The van der Waals surface area contributed by atoms with E-state index in [2.05, 4.69) is 21.2 Å². The smallest absolute Gasteiger partial charge is 0.223 e. The highest BCUT2D eigenvalue weighted by Gasteiger charge is 2.26. The van der Waals surface area contributed by atoms with Gasteiger partial charge in [0.2, 0.25) is 5.91 Å². The summed E-state index contributed by atoms with van der Waals surface area (Å²) in [6.07, 6.45) is 1.42. The lowest BCUT2D eigenvalue weighted by atomic mass is 9.85. The number of carbonyl (C=O) groups is 2. The van der Waals surface area contributed by atoms with E-state index in [9.17, 15) is 9.59 Å². The maximum atomic E-state index is 12.3. The first kappa shape index (κ1) is 18.8. The first-order valence-corrected chi connectivity index (χ1v) is 8.41. The molecule has 122 valence electrons. The second-order valence-electron chi connectivity index (χ2n) is 5.55. The molecule has 5 heteroatoms. The van der Waals surface area contributed by atoms with Crippen molar-refractivity contribution in [2.75, 3.05) is 13.2 Å². The highest BCUT2D eigenvalue weighted by Crippen LogP contribution is 2.21. The van der Waals surface area contributed by atoms with Gasteiger partial charge in [-0.25, -0.2) is 0 Å². The number of carbonyl (C=O) groups excluding carboxylic acids is 2. The maximum absolute atomic E-state index is 12.3. The maximum Gasteiger partial charge on any atom is 0.223 e. The van der Waals surface area contributed by atoms with Gasteiger partial charge in [0.15, 0.2) is 0 Å². The molecule has 0 saturated heterocycles. The summed E-state index contributed by atoms with van der Waals surface area (Å²) in [5.74, 6) is -0.286. The third kappa shape index (κ3) is 6.28. The Kier molecular flexibility index (Phi) is 8.35. The molecule has 0 bridgehead atoms. The summed E-state index contributed by atoms with van der Waals surface area (Å²) in [7, 11) is 0. The van der Waals surface area contributed by atoms with Crippen LogP contribution >= 0.6 is 15.9 Å². The molecule has 0 aromatic heterocycles. The van der Waals surface area contributed by atoms with Crippen LogP contribution in [0.4, 0.5) is 0 Å². The van der Waals surface area contributed by atoms with Gasteiger partial charge < -0.3 is 10.4 Å². The number of benzene rings is 1. The number of halogens is 1. The SMILES string of the molecule is CC[C@H](C)[C@H](CC(=O)Cc1ccc(Br)cc1)C(=O)NCCO. The van der Waals surface area contributed by atoms with E-state index < -0.39 is 0 Å². The fraction of sp³-hybridized carbons (Fsp3) is 0.529. The lowest BCUT2D eigenvalue weighted by Crippen LogP contribution is -2.37. The Morgan fingerprint density at radius 2 is 1.91 bits per heavy atom. The van der Waals surface area contributed by atoms with E-state index in [0.717, 1.165) is 16.5 Å². The van der Waals surface area contributed by atoms with Gasteiger partial charge >= 0.3 is 0 Å². The Bertz CT molecular complexity index is 487. The van der Waals surface area contributed by atoms with Crippen molar-refractivity contribution in [3.05, 3.63) is 34.3 Å². The van der Waals surface area contributed by atoms with Crippen molar-refractivity contribution >= 4 is 27.6 Å². The lowest BCUT2D eigenvalue weighted by molar-refractivity contribution is -0.131. The van der Waals surface area contributed by atoms with E-state index in [1.807, 2.05) is 38.1 Å². The number of hydrogen-bond donors (Lipinski definition) is 2. The number of ketones is 1. The average Bonchev–Trinajstić information content (AvgIpc) is 2.51. The van der Waals surface area contributed by atoms with E-state index in [1.165, 1.54) is 0 Å². The van der Waals surface area contributed by atoms with Crippen molar-refractivity contribution in [2.45, 2.75) is 33.1 Å². The summed E-state index contributed by atoms with van der Waals surface area (Å²) in [5.41, 5.74) is 0.951. The molecule has 2 N–H and O–H groups in total. The van der Waals surface area contributed by atoms with E-state index in [-0.39, 0.29) is 43.1 Å². The third-order valence-electron chi connectivity index (χ3n) is 3.84. The number of aliphatic hydroxyl groups is 1. The zero-order valence-corrected chi connectivity index (χ0v) is 14.7. The molecule has 0 aliphatic carbocycles. The number of rotatable bonds is 9. The number of nitrogens with one attached hydrogen (secondary N) is 1.